The molecule has 3 N–H and O–H groups in total. The van der Waals surface area contributed by atoms with Crippen molar-refractivity contribution in [2.75, 3.05) is 36.8 Å². The Bertz CT molecular complexity index is 1640. The Hall–Kier alpha value is -4.31. The van der Waals surface area contributed by atoms with Gasteiger partial charge in [-0.05, 0) is 63.2 Å². The highest BCUT2D eigenvalue weighted by molar-refractivity contribution is 7.92. The predicted molar refractivity (Wildman–Crippen MR) is 157 cm³/mol. The maximum atomic E-state index is 13.7. The van der Waals surface area contributed by atoms with Crippen molar-refractivity contribution in [2.45, 2.75) is 50.9 Å². The fraction of sp³-hybridized carbons (Fsp3) is 0.414. The van der Waals surface area contributed by atoms with Crippen molar-refractivity contribution >= 4 is 33.3 Å². The Morgan fingerprint density at radius 1 is 1.18 bits per heavy atom. The summed E-state index contributed by atoms with van der Waals surface area (Å²) in [6.45, 7) is 6.23. The number of aliphatic hydroxyl groups is 1. The van der Waals surface area contributed by atoms with Crippen molar-refractivity contribution < 1.29 is 45.5 Å². The molecule has 3 aromatic rings. The van der Waals surface area contributed by atoms with Crippen LogP contribution in [0, 0.1) is 19.8 Å². The number of nitrogens with zero attached hydrogens (tertiary/aromatic N) is 3. The van der Waals surface area contributed by atoms with Crippen molar-refractivity contribution in [3.8, 4) is 5.75 Å². The van der Waals surface area contributed by atoms with E-state index >= 15 is 0 Å². The molecular formula is C29H34F3N5O7S. The number of nitrogens with one attached hydrogen (secondary N) is 2. The normalized spacial score (nSPS) is 17.9. The minimum absolute atomic E-state index is 0.0169. The largest absolute Gasteiger partial charge is 0.487 e. The minimum Gasteiger partial charge on any atom is -0.487 e. The monoisotopic (exact) mass is 653 g/mol. The molecule has 1 aliphatic heterocycles. The number of aliphatic hydroxyl groups excluding tert-OH is 1. The standard InChI is InChI=1S/C29H34F3N5O7S/c1-16-13-37(17(2)15-38)27(39)23-12-22(35-45(41,42)26-18(3)34-44-19(26)4)10-11-24(23)43-25(16)14-36(5)28(40)33-21-8-6-20(7-9-21)29(30,31)32/h6-12,16-17,25,35,38H,13-15H2,1-5H3,(H,33,40)/t16-,17-,25-/m0/s1. The van der Waals surface area contributed by atoms with E-state index in [9.17, 15) is 36.3 Å². The van der Waals surface area contributed by atoms with E-state index in [1.54, 1.807) is 6.92 Å². The third-order valence-corrected chi connectivity index (χ3v) is 9.04. The zero-order valence-electron chi connectivity index (χ0n) is 25.2. The van der Waals surface area contributed by atoms with Gasteiger partial charge in [-0.1, -0.05) is 12.1 Å². The van der Waals surface area contributed by atoms with Gasteiger partial charge >= 0.3 is 12.2 Å². The van der Waals surface area contributed by atoms with Gasteiger partial charge in [0.05, 0.1) is 30.3 Å². The van der Waals surface area contributed by atoms with Gasteiger partial charge < -0.3 is 29.5 Å². The van der Waals surface area contributed by atoms with Crippen LogP contribution in [0.5, 0.6) is 5.75 Å². The number of carbonyl (C=O) groups is 2. The molecule has 1 aliphatic rings. The average molecular weight is 654 g/mol. The van der Waals surface area contributed by atoms with Crippen molar-refractivity contribution in [1.29, 1.82) is 0 Å². The van der Waals surface area contributed by atoms with E-state index in [4.69, 9.17) is 9.26 Å². The first-order chi connectivity index (χ1) is 21.0. The summed E-state index contributed by atoms with van der Waals surface area (Å²) in [5.74, 6) is -0.626. The molecule has 0 unspecified atom stereocenters. The summed E-state index contributed by atoms with van der Waals surface area (Å²) in [6, 6.07) is 7.02. The topological polar surface area (TPSA) is 154 Å². The maximum absolute atomic E-state index is 13.7. The number of sulfonamides is 1. The Balaban J connectivity index is 1.59. The van der Waals surface area contributed by atoms with Gasteiger partial charge in [-0.3, -0.25) is 9.52 Å². The van der Waals surface area contributed by atoms with E-state index < -0.39 is 45.8 Å². The molecule has 2 heterocycles. The zero-order valence-corrected chi connectivity index (χ0v) is 26.0. The molecule has 0 saturated heterocycles. The molecule has 45 heavy (non-hydrogen) atoms. The maximum Gasteiger partial charge on any atom is 0.416 e. The smallest absolute Gasteiger partial charge is 0.416 e. The SMILES string of the molecule is Cc1noc(C)c1S(=O)(=O)Nc1ccc2c(c1)C(=O)N([C@@H](C)CO)C[C@H](C)[C@H](CN(C)C(=O)Nc1ccc(C(F)(F)F)cc1)O2. The number of likely N-dealkylation sites (N-methyl/N-ethyl adjacent to an activating group) is 1. The van der Waals surface area contributed by atoms with Crippen LogP contribution in [0.4, 0.5) is 29.3 Å². The number of fused-ring (bicyclic) bond motifs is 1. The Kier molecular flexibility index (Phi) is 9.68. The van der Waals surface area contributed by atoms with Crippen molar-refractivity contribution in [3.05, 3.63) is 65.0 Å². The summed E-state index contributed by atoms with van der Waals surface area (Å²) < 4.78 is 78.6. The molecule has 244 valence electrons. The molecule has 0 aliphatic carbocycles. The van der Waals surface area contributed by atoms with Crippen LogP contribution in [0.15, 0.2) is 51.9 Å². The second-order valence-electron chi connectivity index (χ2n) is 11.0. The molecule has 0 spiro atoms. The highest BCUT2D eigenvalue weighted by Gasteiger charge is 2.35. The zero-order chi connectivity index (χ0) is 33.3. The number of benzene rings is 2. The molecule has 3 amide bonds. The first-order valence-electron chi connectivity index (χ1n) is 13.9. The lowest BCUT2D eigenvalue weighted by Crippen LogP contribution is -2.50. The molecular weight excluding hydrogens is 619 g/mol. The second kappa shape index (κ2) is 13.0. The number of aryl methyl sites for hydroxylation is 2. The predicted octanol–water partition coefficient (Wildman–Crippen LogP) is 4.50. The van der Waals surface area contributed by atoms with Gasteiger partial charge in [0.2, 0.25) is 0 Å². The molecule has 0 fully saturated rings. The summed E-state index contributed by atoms with van der Waals surface area (Å²) in [6.07, 6.45) is -5.19. The molecule has 4 rings (SSSR count). The van der Waals surface area contributed by atoms with Crippen LogP contribution < -0.4 is 14.8 Å². The molecule has 2 aromatic carbocycles. The van der Waals surface area contributed by atoms with Crippen LogP contribution in [-0.2, 0) is 16.2 Å². The first kappa shape index (κ1) is 33.6. The number of carbonyl (C=O) groups excluding carboxylic acids is 2. The number of hydrogen-bond acceptors (Lipinski definition) is 8. The summed E-state index contributed by atoms with van der Waals surface area (Å²) in [5.41, 5.74) is -0.419. The molecule has 0 radical (unpaired) electrons. The van der Waals surface area contributed by atoms with Gasteiger partial charge in [-0.15, -0.1) is 0 Å². The number of hydrogen-bond donors (Lipinski definition) is 3. The van der Waals surface area contributed by atoms with Crippen molar-refractivity contribution in [1.82, 2.24) is 15.0 Å². The molecule has 12 nitrogen and oxygen atoms in total. The van der Waals surface area contributed by atoms with Crippen LogP contribution in [0.25, 0.3) is 0 Å². The van der Waals surface area contributed by atoms with Crippen LogP contribution in [-0.4, -0.2) is 79.3 Å². The van der Waals surface area contributed by atoms with E-state index in [0.717, 1.165) is 24.3 Å². The summed E-state index contributed by atoms with van der Waals surface area (Å²) in [7, 11) is -2.64. The average Bonchev–Trinajstić information content (AvgIpc) is 3.32. The van der Waals surface area contributed by atoms with E-state index in [1.165, 1.54) is 48.9 Å². The van der Waals surface area contributed by atoms with Crippen molar-refractivity contribution in [2.24, 2.45) is 5.92 Å². The molecule has 0 bridgehead atoms. The minimum atomic E-state index is -4.51. The van der Waals surface area contributed by atoms with E-state index in [1.807, 2.05) is 6.92 Å². The number of ether oxygens (including phenoxy) is 1. The lowest BCUT2D eigenvalue weighted by atomic mass is 9.99. The lowest BCUT2D eigenvalue weighted by molar-refractivity contribution is -0.137. The highest BCUT2D eigenvalue weighted by Crippen LogP contribution is 2.33. The van der Waals surface area contributed by atoms with Crippen LogP contribution in [0.2, 0.25) is 0 Å². The highest BCUT2D eigenvalue weighted by atomic mass is 32.2. The van der Waals surface area contributed by atoms with Gasteiger partial charge in [0.25, 0.3) is 15.9 Å². The lowest BCUT2D eigenvalue weighted by Gasteiger charge is -2.38. The second-order valence-corrected chi connectivity index (χ2v) is 12.6. The van der Waals surface area contributed by atoms with Gasteiger partial charge in [-0.2, -0.15) is 13.2 Å². The van der Waals surface area contributed by atoms with Crippen LogP contribution in [0.3, 0.4) is 0 Å². The quantitative estimate of drug-likeness (QED) is 0.321. The summed E-state index contributed by atoms with van der Waals surface area (Å²) >= 11 is 0. The number of rotatable bonds is 8. The van der Waals surface area contributed by atoms with E-state index in [2.05, 4.69) is 15.2 Å². The fourth-order valence-electron chi connectivity index (χ4n) is 4.88. The number of alkyl halides is 3. The number of amides is 3. The van der Waals surface area contributed by atoms with Gasteiger partial charge in [0.15, 0.2) is 10.7 Å². The van der Waals surface area contributed by atoms with Gasteiger partial charge in [0, 0.05) is 30.9 Å². The summed E-state index contributed by atoms with van der Waals surface area (Å²) in [4.78, 5) is 29.3. The summed E-state index contributed by atoms with van der Waals surface area (Å²) in [5, 5.41) is 16.1. The first-order valence-corrected chi connectivity index (χ1v) is 15.4. The number of urea groups is 1. The molecule has 1 aromatic heterocycles. The van der Waals surface area contributed by atoms with Gasteiger partial charge in [0.1, 0.15) is 17.5 Å². The van der Waals surface area contributed by atoms with Crippen LogP contribution >= 0.6 is 0 Å². The Labute approximate surface area is 258 Å². The Morgan fingerprint density at radius 2 is 1.82 bits per heavy atom. The third-order valence-electron chi connectivity index (χ3n) is 7.42. The number of anilines is 2. The van der Waals surface area contributed by atoms with E-state index in [-0.39, 0.29) is 64.7 Å². The molecule has 3 atom stereocenters. The van der Waals surface area contributed by atoms with Crippen molar-refractivity contribution in [3.63, 3.8) is 0 Å². The van der Waals surface area contributed by atoms with E-state index in [0.29, 0.717) is 0 Å². The molecule has 16 heteroatoms. The number of halogens is 3. The third kappa shape index (κ3) is 7.50. The Morgan fingerprint density at radius 3 is 2.40 bits per heavy atom. The van der Waals surface area contributed by atoms with Crippen LogP contribution in [0.1, 0.15) is 41.2 Å². The fourth-order valence-corrected chi connectivity index (χ4v) is 6.26. The van der Waals surface area contributed by atoms with Gasteiger partial charge in [-0.25, -0.2) is 13.2 Å². The number of aromatic nitrogens is 1. The molecule has 0 saturated carbocycles.